The Labute approximate surface area is 64.1 Å². The molecule has 1 heterocycles. The topological polar surface area (TPSA) is 70.0 Å². The lowest BCUT2D eigenvalue weighted by atomic mass is 10.3. The van der Waals surface area contributed by atoms with Crippen LogP contribution in [0.15, 0.2) is 0 Å². The number of β-amino-alcohol motifs (C(OH)–C–C–N with tert-alkyl or cyclic N) is 2. The van der Waals surface area contributed by atoms with E-state index in [0.29, 0.717) is 0 Å². The fourth-order valence-electron chi connectivity index (χ4n) is 0.992. The fourth-order valence-corrected chi connectivity index (χ4v) is 0.992. The second-order valence-corrected chi connectivity index (χ2v) is 2.56. The molecule has 0 aromatic rings. The van der Waals surface area contributed by atoms with Crippen molar-refractivity contribution in [2.75, 3.05) is 13.1 Å². The summed E-state index contributed by atoms with van der Waals surface area (Å²) in [6, 6.07) is 0. The van der Waals surface area contributed by atoms with Crippen LogP contribution in [0.5, 0.6) is 0 Å². The predicted molar refractivity (Wildman–Crippen MR) is 35.4 cm³/mol. The molecule has 0 bridgehead atoms. The molecule has 2 atom stereocenters. The van der Waals surface area contributed by atoms with Crippen molar-refractivity contribution in [1.82, 2.24) is 5.06 Å². The Morgan fingerprint density at radius 1 is 1.45 bits per heavy atom. The Morgan fingerprint density at radius 2 is 1.91 bits per heavy atom. The average Bonchev–Trinajstić information content (AvgIpc) is 2.10. The smallest absolute Gasteiger partial charge is 0.322 e. The number of rotatable bonds is 1. The van der Waals surface area contributed by atoms with E-state index in [0.717, 1.165) is 0 Å². The molecule has 1 fully saturated rings. The van der Waals surface area contributed by atoms with E-state index in [2.05, 4.69) is 4.84 Å². The van der Waals surface area contributed by atoms with Crippen molar-refractivity contribution in [2.45, 2.75) is 19.1 Å². The predicted octanol–water partition coefficient (Wildman–Crippen LogP) is -1.50. The first kappa shape index (κ1) is 8.45. The standard InChI is InChI=1S/C6H11NO4/c1-4(8)11-7-2-5(9)6(10)3-7/h5-6,9-10H,2-3H2,1H3/t5-,6-/m1/s1. The van der Waals surface area contributed by atoms with Gasteiger partial charge in [-0.25, -0.2) is 0 Å². The maximum Gasteiger partial charge on any atom is 0.322 e. The fraction of sp³-hybridized carbons (Fsp3) is 0.833. The van der Waals surface area contributed by atoms with Crippen LogP contribution in [-0.4, -0.2) is 46.5 Å². The highest BCUT2D eigenvalue weighted by molar-refractivity contribution is 5.65. The number of aliphatic hydroxyl groups excluding tert-OH is 2. The van der Waals surface area contributed by atoms with Gasteiger partial charge in [-0.05, 0) is 0 Å². The van der Waals surface area contributed by atoms with E-state index in [1.54, 1.807) is 0 Å². The summed E-state index contributed by atoms with van der Waals surface area (Å²) in [6.07, 6.45) is -1.62. The third kappa shape index (κ3) is 2.14. The molecule has 2 N–H and O–H groups in total. The number of hydrogen-bond acceptors (Lipinski definition) is 5. The van der Waals surface area contributed by atoms with Crippen LogP contribution in [0.4, 0.5) is 0 Å². The van der Waals surface area contributed by atoms with Gasteiger partial charge in [0.25, 0.3) is 0 Å². The minimum absolute atomic E-state index is 0.181. The van der Waals surface area contributed by atoms with Crippen LogP contribution in [-0.2, 0) is 9.63 Å². The van der Waals surface area contributed by atoms with Crippen LogP contribution in [0, 0.1) is 0 Å². The lowest BCUT2D eigenvalue weighted by Crippen LogP contribution is -2.24. The lowest BCUT2D eigenvalue weighted by Gasteiger charge is -2.11. The molecule has 1 aliphatic rings. The zero-order valence-corrected chi connectivity index (χ0v) is 6.23. The van der Waals surface area contributed by atoms with Gasteiger partial charge in [0, 0.05) is 6.92 Å². The van der Waals surface area contributed by atoms with Crippen LogP contribution in [0.3, 0.4) is 0 Å². The molecule has 0 spiro atoms. The summed E-state index contributed by atoms with van der Waals surface area (Å²) in [5, 5.41) is 19.2. The highest BCUT2D eigenvalue weighted by Gasteiger charge is 2.31. The summed E-state index contributed by atoms with van der Waals surface area (Å²) in [7, 11) is 0. The summed E-state index contributed by atoms with van der Waals surface area (Å²) in [4.78, 5) is 15.0. The van der Waals surface area contributed by atoms with Gasteiger partial charge in [-0.1, -0.05) is 0 Å². The van der Waals surface area contributed by atoms with Crippen LogP contribution >= 0.6 is 0 Å². The Kier molecular flexibility index (Phi) is 2.43. The summed E-state index contributed by atoms with van der Waals surface area (Å²) in [6.45, 7) is 1.64. The molecule has 0 amide bonds. The first-order valence-electron chi connectivity index (χ1n) is 3.39. The molecule has 0 aromatic carbocycles. The number of hydrogen-bond donors (Lipinski definition) is 2. The minimum Gasteiger partial charge on any atom is -0.389 e. The third-order valence-corrected chi connectivity index (χ3v) is 1.48. The molecular weight excluding hydrogens is 150 g/mol. The van der Waals surface area contributed by atoms with Crippen molar-refractivity contribution in [1.29, 1.82) is 0 Å². The van der Waals surface area contributed by atoms with Gasteiger partial charge in [-0.3, -0.25) is 4.79 Å². The Balaban J connectivity index is 2.35. The van der Waals surface area contributed by atoms with Crippen molar-refractivity contribution < 1.29 is 19.8 Å². The van der Waals surface area contributed by atoms with Crippen molar-refractivity contribution >= 4 is 5.97 Å². The lowest BCUT2D eigenvalue weighted by molar-refractivity contribution is -0.184. The van der Waals surface area contributed by atoms with Crippen molar-refractivity contribution in [3.63, 3.8) is 0 Å². The molecule has 64 valence electrons. The minimum atomic E-state index is -0.811. The third-order valence-electron chi connectivity index (χ3n) is 1.48. The normalized spacial score (nSPS) is 32.3. The van der Waals surface area contributed by atoms with E-state index in [1.807, 2.05) is 0 Å². The van der Waals surface area contributed by atoms with Gasteiger partial charge in [0.2, 0.25) is 0 Å². The summed E-state index contributed by atoms with van der Waals surface area (Å²) >= 11 is 0. The van der Waals surface area contributed by atoms with Crippen molar-refractivity contribution in [3.8, 4) is 0 Å². The quantitative estimate of drug-likeness (QED) is 0.490. The molecule has 5 nitrogen and oxygen atoms in total. The van der Waals surface area contributed by atoms with Crippen LogP contribution in [0.25, 0.3) is 0 Å². The van der Waals surface area contributed by atoms with E-state index >= 15 is 0 Å². The van der Waals surface area contributed by atoms with Gasteiger partial charge >= 0.3 is 5.97 Å². The van der Waals surface area contributed by atoms with E-state index in [4.69, 9.17) is 10.2 Å². The Morgan fingerprint density at radius 3 is 2.27 bits per heavy atom. The number of carbonyl (C=O) groups excluding carboxylic acids is 1. The van der Waals surface area contributed by atoms with Crippen LogP contribution in [0.2, 0.25) is 0 Å². The second kappa shape index (κ2) is 3.17. The van der Waals surface area contributed by atoms with Gasteiger partial charge in [0.05, 0.1) is 25.3 Å². The van der Waals surface area contributed by atoms with Crippen LogP contribution < -0.4 is 0 Å². The summed E-state index contributed by atoms with van der Waals surface area (Å²) < 4.78 is 0. The molecule has 0 unspecified atom stereocenters. The number of aliphatic hydroxyl groups is 2. The molecule has 5 heteroatoms. The zero-order valence-electron chi connectivity index (χ0n) is 6.23. The van der Waals surface area contributed by atoms with Crippen molar-refractivity contribution in [2.24, 2.45) is 0 Å². The Hall–Kier alpha value is -0.650. The van der Waals surface area contributed by atoms with Gasteiger partial charge < -0.3 is 15.1 Å². The second-order valence-electron chi connectivity index (χ2n) is 2.56. The van der Waals surface area contributed by atoms with E-state index in [-0.39, 0.29) is 13.1 Å². The van der Waals surface area contributed by atoms with Gasteiger partial charge in [-0.2, -0.15) is 0 Å². The van der Waals surface area contributed by atoms with Crippen LogP contribution in [0.1, 0.15) is 6.92 Å². The summed E-state index contributed by atoms with van der Waals surface area (Å²) in [5.74, 6) is -0.439. The van der Waals surface area contributed by atoms with E-state index in [1.165, 1.54) is 12.0 Å². The highest BCUT2D eigenvalue weighted by Crippen LogP contribution is 2.09. The molecule has 1 rings (SSSR count). The van der Waals surface area contributed by atoms with E-state index < -0.39 is 18.2 Å². The monoisotopic (exact) mass is 161 g/mol. The molecule has 1 aliphatic heterocycles. The average molecular weight is 161 g/mol. The maximum atomic E-state index is 10.4. The Bertz CT molecular complexity index is 151. The molecular formula is C6H11NO4. The SMILES string of the molecule is CC(=O)ON1C[C@@H](O)[C@H](O)C1. The van der Waals surface area contributed by atoms with Gasteiger partial charge in [0.15, 0.2) is 0 Å². The molecule has 0 aromatic heterocycles. The number of hydroxylamine groups is 2. The zero-order chi connectivity index (χ0) is 8.43. The van der Waals surface area contributed by atoms with E-state index in [9.17, 15) is 4.79 Å². The maximum absolute atomic E-state index is 10.4. The highest BCUT2D eigenvalue weighted by atomic mass is 16.7. The molecule has 1 saturated heterocycles. The molecule has 0 radical (unpaired) electrons. The molecule has 0 saturated carbocycles. The van der Waals surface area contributed by atoms with Gasteiger partial charge in [-0.15, -0.1) is 5.06 Å². The number of nitrogens with zero attached hydrogens (tertiary/aromatic N) is 1. The summed E-state index contributed by atoms with van der Waals surface area (Å²) in [5.41, 5.74) is 0. The molecule has 0 aliphatic carbocycles. The molecule has 11 heavy (non-hydrogen) atoms. The first-order valence-corrected chi connectivity index (χ1v) is 3.39. The van der Waals surface area contributed by atoms with Crippen molar-refractivity contribution in [3.05, 3.63) is 0 Å². The number of carbonyl (C=O) groups is 1. The largest absolute Gasteiger partial charge is 0.389 e. The first-order chi connectivity index (χ1) is 5.09. The van der Waals surface area contributed by atoms with Gasteiger partial charge in [0.1, 0.15) is 0 Å².